The highest BCUT2D eigenvalue weighted by molar-refractivity contribution is 6.31. The summed E-state index contributed by atoms with van der Waals surface area (Å²) in [4.78, 5) is 3.95. The van der Waals surface area contributed by atoms with Gasteiger partial charge in [-0.1, -0.05) is 11.6 Å². The molecule has 0 radical (unpaired) electrons. The van der Waals surface area contributed by atoms with Gasteiger partial charge in [-0.3, -0.25) is 4.40 Å². The van der Waals surface area contributed by atoms with Crippen LogP contribution >= 0.6 is 23.2 Å². The molecule has 80 valence electrons. The van der Waals surface area contributed by atoms with Gasteiger partial charge in [0.05, 0.1) is 11.8 Å². The molecule has 0 saturated carbocycles. The smallest absolute Gasteiger partial charge is 0.204 e. The summed E-state index contributed by atoms with van der Waals surface area (Å²) < 4.78 is 6.68. The van der Waals surface area contributed by atoms with Crippen molar-refractivity contribution in [2.75, 3.05) is 0 Å². The molecule has 5 nitrogen and oxygen atoms in total. The van der Waals surface area contributed by atoms with Crippen molar-refractivity contribution < 1.29 is 4.42 Å². The van der Waals surface area contributed by atoms with Crippen LogP contribution in [0.1, 0.15) is 0 Å². The molecule has 0 aliphatic heterocycles. The van der Waals surface area contributed by atoms with Gasteiger partial charge in [-0.25, -0.2) is 4.98 Å². The fourth-order valence-electron chi connectivity index (χ4n) is 1.41. The maximum Gasteiger partial charge on any atom is 0.204 e. The molecule has 0 aliphatic rings. The lowest BCUT2D eigenvalue weighted by atomic mass is 10.3. The van der Waals surface area contributed by atoms with Crippen LogP contribution in [-0.4, -0.2) is 19.6 Å². The number of halogens is 2. The van der Waals surface area contributed by atoms with Crippen LogP contribution in [0.25, 0.3) is 17.0 Å². The number of hydrogen-bond donors (Lipinski definition) is 0. The second kappa shape index (κ2) is 3.47. The second-order valence-corrected chi connectivity index (χ2v) is 3.80. The molecule has 0 aromatic carbocycles. The average Bonchev–Trinajstić information content (AvgIpc) is 2.83. The number of fused-ring (bicyclic) bond motifs is 1. The van der Waals surface area contributed by atoms with Crippen molar-refractivity contribution in [1.29, 1.82) is 0 Å². The molecule has 0 N–H and O–H groups in total. The number of furan rings is 1. The first-order valence-electron chi connectivity index (χ1n) is 4.35. The molecule has 3 aromatic heterocycles. The molecule has 3 rings (SSSR count). The van der Waals surface area contributed by atoms with Crippen molar-refractivity contribution in [3.8, 4) is 11.4 Å². The number of nitrogens with zero attached hydrogens (tertiary/aromatic N) is 4. The van der Waals surface area contributed by atoms with E-state index in [1.807, 2.05) is 0 Å². The lowest BCUT2D eigenvalue weighted by Gasteiger charge is -1.96. The van der Waals surface area contributed by atoms with E-state index >= 15 is 0 Å². The summed E-state index contributed by atoms with van der Waals surface area (Å²) in [6, 6.07) is 3.33. The molecule has 0 spiro atoms. The minimum absolute atomic E-state index is 0.268. The van der Waals surface area contributed by atoms with Crippen LogP contribution < -0.4 is 0 Å². The predicted molar refractivity (Wildman–Crippen MR) is 58.5 cm³/mol. The first-order chi connectivity index (χ1) is 7.75. The summed E-state index contributed by atoms with van der Waals surface area (Å²) in [6.45, 7) is 0. The summed E-state index contributed by atoms with van der Waals surface area (Å²) in [7, 11) is 0. The fourth-order valence-corrected chi connectivity index (χ4v) is 1.75. The Bertz CT molecular complexity index is 660. The third kappa shape index (κ3) is 1.36. The summed E-state index contributed by atoms with van der Waals surface area (Å²) in [5.74, 6) is 0.568. The highest BCUT2D eigenvalue weighted by Gasteiger charge is 2.13. The van der Waals surface area contributed by atoms with Gasteiger partial charge in [-0.2, -0.15) is 0 Å². The van der Waals surface area contributed by atoms with Gasteiger partial charge in [-0.15, -0.1) is 10.2 Å². The molecule has 0 atom stereocenters. The Morgan fingerprint density at radius 1 is 1.25 bits per heavy atom. The normalized spacial score (nSPS) is 11.1. The lowest BCUT2D eigenvalue weighted by molar-refractivity contribution is 0.570. The molecule has 7 heteroatoms. The highest BCUT2D eigenvalue weighted by atomic mass is 35.5. The van der Waals surface area contributed by atoms with Crippen LogP contribution in [0, 0.1) is 0 Å². The molecule has 0 amide bonds. The molecular weight excluding hydrogens is 251 g/mol. The first kappa shape index (κ1) is 9.62. The van der Waals surface area contributed by atoms with Gasteiger partial charge in [0.2, 0.25) is 5.22 Å². The van der Waals surface area contributed by atoms with Gasteiger partial charge < -0.3 is 4.42 Å². The number of hydrogen-bond acceptors (Lipinski definition) is 4. The summed E-state index contributed by atoms with van der Waals surface area (Å²) in [6.07, 6.45) is 3.03. The SMILES string of the molecule is Clc1cc2nnc(-c3ccoc3Cl)n2cn1. The third-order valence-electron chi connectivity index (χ3n) is 2.13. The Hall–Kier alpha value is -1.59. The Morgan fingerprint density at radius 3 is 2.88 bits per heavy atom. The summed E-state index contributed by atoms with van der Waals surface area (Å²) in [5, 5.41) is 8.61. The van der Waals surface area contributed by atoms with E-state index in [1.165, 1.54) is 12.6 Å². The molecule has 16 heavy (non-hydrogen) atoms. The predicted octanol–water partition coefficient (Wildman–Crippen LogP) is 2.69. The quantitative estimate of drug-likeness (QED) is 0.627. The molecule has 3 aromatic rings. The topological polar surface area (TPSA) is 56.2 Å². The number of aromatic nitrogens is 4. The molecule has 0 unspecified atom stereocenters. The minimum Gasteiger partial charge on any atom is -0.452 e. The Balaban J connectivity index is 2.30. The van der Waals surface area contributed by atoms with Crippen LogP contribution in [0.4, 0.5) is 0 Å². The van der Waals surface area contributed by atoms with Gasteiger partial charge in [0, 0.05) is 6.07 Å². The van der Waals surface area contributed by atoms with Crippen molar-refractivity contribution >= 4 is 28.8 Å². The summed E-state index contributed by atoms with van der Waals surface area (Å²) >= 11 is 11.6. The van der Waals surface area contributed by atoms with Crippen molar-refractivity contribution in [1.82, 2.24) is 19.6 Å². The summed E-state index contributed by atoms with van der Waals surface area (Å²) in [5.41, 5.74) is 1.27. The van der Waals surface area contributed by atoms with Crippen LogP contribution in [0.15, 0.2) is 29.1 Å². The molecule has 0 saturated heterocycles. The van der Waals surface area contributed by atoms with E-state index in [1.54, 1.807) is 16.5 Å². The van der Waals surface area contributed by atoms with Crippen molar-refractivity contribution in [2.24, 2.45) is 0 Å². The van der Waals surface area contributed by atoms with Crippen molar-refractivity contribution in [2.45, 2.75) is 0 Å². The average molecular weight is 255 g/mol. The van der Waals surface area contributed by atoms with E-state index in [0.29, 0.717) is 22.2 Å². The Morgan fingerprint density at radius 2 is 2.12 bits per heavy atom. The Kier molecular flexibility index (Phi) is 2.08. The van der Waals surface area contributed by atoms with Crippen LogP contribution in [-0.2, 0) is 0 Å². The van der Waals surface area contributed by atoms with Gasteiger partial charge in [0.15, 0.2) is 11.5 Å². The van der Waals surface area contributed by atoms with E-state index in [9.17, 15) is 0 Å². The maximum atomic E-state index is 5.87. The van der Waals surface area contributed by atoms with Crippen molar-refractivity contribution in [3.63, 3.8) is 0 Å². The maximum absolute atomic E-state index is 5.87. The zero-order chi connectivity index (χ0) is 11.1. The zero-order valence-corrected chi connectivity index (χ0v) is 9.27. The fraction of sp³-hybridized carbons (Fsp3) is 0. The van der Waals surface area contributed by atoms with Crippen molar-refractivity contribution in [3.05, 3.63) is 35.1 Å². The second-order valence-electron chi connectivity index (χ2n) is 3.07. The zero-order valence-electron chi connectivity index (χ0n) is 7.76. The van der Waals surface area contributed by atoms with Gasteiger partial charge >= 0.3 is 0 Å². The van der Waals surface area contributed by atoms with E-state index in [-0.39, 0.29) is 5.22 Å². The molecule has 0 aliphatic carbocycles. The van der Waals surface area contributed by atoms with Gasteiger partial charge in [0.25, 0.3) is 0 Å². The van der Waals surface area contributed by atoms with E-state index in [2.05, 4.69) is 15.2 Å². The molecule has 0 bridgehead atoms. The van der Waals surface area contributed by atoms with Crippen LogP contribution in [0.2, 0.25) is 10.4 Å². The van der Waals surface area contributed by atoms with E-state index < -0.39 is 0 Å². The minimum atomic E-state index is 0.268. The van der Waals surface area contributed by atoms with Crippen LogP contribution in [0.5, 0.6) is 0 Å². The molecule has 3 heterocycles. The first-order valence-corrected chi connectivity index (χ1v) is 5.11. The van der Waals surface area contributed by atoms with E-state index in [0.717, 1.165) is 0 Å². The largest absolute Gasteiger partial charge is 0.452 e. The lowest BCUT2D eigenvalue weighted by Crippen LogP contribution is -1.90. The van der Waals surface area contributed by atoms with Gasteiger partial charge in [-0.05, 0) is 17.7 Å². The number of rotatable bonds is 1. The standard InChI is InChI=1S/C9H4Cl2N4O/c10-6-3-7-13-14-9(15(7)4-12-6)5-1-2-16-8(5)11/h1-4H. The van der Waals surface area contributed by atoms with Crippen LogP contribution in [0.3, 0.4) is 0 Å². The monoisotopic (exact) mass is 254 g/mol. The molecular formula is C9H4Cl2N4O. The third-order valence-corrected chi connectivity index (χ3v) is 2.63. The van der Waals surface area contributed by atoms with Gasteiger partial charge in [0.1, 0.15) is 11.5 Å². The molecule has 0 fully saturated rings. The van der Waals surface area contributed by atoms with E-state index in [4.69, 9.17) is 27.6 Å². The highest BCUT2D eigenvalue weighted by Crippen LogP contribution is 2.27. The Labute approximate surface area is 99.6 Å².